The summed E-state index contributed by atoms with van der Waals surface area (Å²) in [6, 6.07) is 41.2. The van der Waals surface area contributed by atoms with E-state index in [4.69, 9.17) is 28.4 Å². The molecule has 14 heteroatoms. The van der Waals surface area contributed by atoms with Crippen molar-refractivity contribution in [3.05, 3.63) is 169 Å². The molecule has 4 amide bonds. The molecule has 1 aliphatic heterocycles. The van der Waals surface area contributed by atoms with Crippen LogP contribution in [0.3, 0.4) is 0 Å². The van der Waals surface area contributed by atoms with Crippen molar-refractivity contribution in [3.63, 3.8) is 0 Å². The highest BCUT2D eigenvalue weighted by Gasteiger charge is 2.18. The minimum atomic E-state index is -0.443. The smallest absolute Gasteiger partial charge is 0.262 e. The molecule has 0 spiro atoms. The van der Waals surface area contributed by atoms with E-state index in [1.54, 1.807) is 158 Å². The summed E-state index contributed by atoms with van der Waals surface area (Å²) < 4.78 is 35.7. The third-order valence-electron chi connectivity index (χ3n) is 9.21. The number of fused-ring (bicyclic) bond motifs is 6. The van der Waals surface area contributed by atoms with Gasteiger partial charge in [0.1, 0.15) is 47.7 Å². The number of hydrogen-bond donors (Lipinski definition) is 4. The fourth-order valence-electron chi connectivity index (χ4n) is 6.22. The molecule has 6 aromatic carbocycles. The monoisotopic (exact) mass is 848 g/mol. The molecule has 14 nitrogen and oxygen atoms in total. The van der Waals surface area contributed by atoms with Crippen molar-refractivity contribution in [2.24, 2.45) is 0 Å². The molecule has 0 radical (unpaired) electrons. The topological polar surface area (TPSA) is 172 Å². The van der Waals surface area contributed by atoms with Gasteiger partial charge in [0.15, 0.2) is 13.2 Å². The molecule has 63 heavy (non-hydrogen) atoms. The summed E-state index contributed by atoms with van der Waals surface area (Å²) >= 11 is 0. The van der Waals surface area contributed by atoms with Gasteiger partial charge in [0.05, 0.1) is 47.1 Å². The third kappa shape index (κ3) is 12.2. The Kier molecular flexibility index (Phi) is 14.9. The summed E-state index contributed by atoms with van der Waals surface area (Å²) in [6.45, 7) is 0.0656. The highest BCUT2D eigenvalue weighted by Crippen LogP contribution is 2.30. The van der Waals surface area contributed by atoms with E-state index in [-0.39, 0.29) is 62.3 Å². The number of rotatable bonds is 0. The highest BCUT2D eigenvalue weighted by atomic mass is 16.5. The number of benzene rings is 6. The van der Waals surface area contributed by atoms with Crippen LogP contribution in [0, 0.1) is 0 Å². The number of ether oxygens (including phenoxy) is 6. The fourth-order valence-corrected chi connectivity index (χ4v) is 6.22. The van der Waals surface area contributed by atoms with Gasteiger partial charge in [-0.05, 0) is 84.9 Å². The van der Waals surface area contributed by atoms with Crippen molar-refractivity contribution in [3.8, 4) is 34.5 Å². The molecule has 0 atom stereocenters. The summed E-state index contributed by atoms with van der Waals surface area (Å²) in [5, 5.41) is 11.4. The Labute approximate surface area is 363 Å². The summed E-state index contributed by atoms with van der Waals surface area (Å²) in [5.74, 6) is 0.404. The van der Waals surface area contributed by atoms with E-state index in [0.717, 1.165) is 0 Å². The van der Waals surface area contributed by atoms with E-state index in [1.165, 1.54) is 0 Å². The molecule has 320 valence electrons. The third-order valence-corrected chi connectivity index (χ3v) is 9.21. The van der Waals surface area contributed by atoms with Gasteiger partial charge in [0.25, 0.3) is 23.6 Å². The summed E-state index contributed by atoms with van der Waals surface area (Å²) in [6.07, 6.45) is 3.95. The second kappa shape index (κ2) is 21.8. The number of carbonyl (C=O) groups excluding carboxylic acids is 4. The zero-order chi connectivity index (χ0) is 43.6. The molecule has 4 N–H and O–H groups in total. The van der Waals surface area contributed by atoms with Crippen LogP contribution in [0.2, 0.25) is 0 Å². The van der Waals surface area contributed by atoms with Gasteiger partial charge in [-0.2, -0.15) is 0 Å². The Morgan fingerprint density at radius 3 is 1.05 bits per heavy atom. The van der Waals surface area contributed by atoms with Gasteiger partial charge in [-0.25, -0.2) is 0 Å². The van der Waals surface area contributed by atoms with Crippen molar-refractivity contribution in [1.82, 2.24) is 0 Å². The molecule has 1 heterocycles. The lowest BCUT2D eigenvalue weighted by atomic mass is 10.1. The molecule has 0 unspecified atom stereocenters. The highest BCUT2D eigenvalue weighted by molar-refractivity contribution is 6.07. The van der Waals surface area contributed by atoms with E-state index in [2.05, 4.69) is 21.3 Å². The molecule has 0 aromatic heterocycles. The second-order valence-electron chi connectivity index (χ2n) is 13.7. The van der Waals surface area contributed by atoms with Crippen LogP contribution >= 0.6 is 0 Å². The van der Waals surface area contributed by atoms with Gasteiger partial charge in [0, 0.05) is 6.42 Å². The van der Waals surface area contributed by atoms with Crippen LogP contribution in [0.15, 0.2) is 158 Å². The summed E-state index contributed by atoms with van der Waals surface area (Å²) in [4.78, 5) is 53.3. The number of anilines is 4. The molecule has 0 fully saturated rings. The van der Waals surface area contributed by atoms with Gasteiger partial charge in [-0.1, -0.05) is 72.8 Å². The lowest BCUT2D eigenvalue weighted by molar-refractivity contribution is -0.118. The maximum atomic E-state index is 13.5. The van der Waals surface area contributed by atoms with Gasteiger partial charge in [0.2, 0.25) is 0 Å². The van der Waals surface area contributed by atoms with Gasteiger partial charge < -0.3 is 49.7 Å². The van der Waals surface area contributed by atoms with E-state index < -0.39 is 23.6 Å². The van der Waals surface area contributed by atoms with Gasteiger partial charge in [-0.15, -0.1) is 0 Å². The molecule has 0 bridgehead atoms. The van der Waals surface area contributed by atoms with E-state index in [0.29, 0.717) is 52.2 Å². The fraction of sp³-hybridized carbons (Fsp3) is 0.143. The zero-order valence-electron chi connectivity index (χ0n) is 34.0. The van der Waals surface area contributed by atoms with Crippen LogP contribution in [-0.2, 0) is 9.59 Å². The second-order valence-corrected chi connectivity index (χ2v) is 13.7. The molecule has 0 saturated carbocycles. The molecule has 7 rings (SSSR count). The quantitative estimate of drug-likeness (QED) is 0.109. The predicted octanol–water partition coefficient (Wildman–Crippen LogP) is 8.40. The Morgan fingerprint density at radius 2 is 0.651 bits per heavy atom. The molecule has 1 aliphatic rings. The van der Waals surface area contributed by atoms with Crippen LogP contribution < -0.4 is 49.7 Å². The SMILES string of the molecule is O=C1COc2ccccc2NC(=O)c2ccccc2OCC=CCOc2ccccc2C(=O)Nc2ccccc2OCC(=O)Nc2ccccc2OCCCOc2ccccc2N1. The lowest BCUT2D eigenvalue weighted by Crippen LogP contribution is -2.21. The molecular formula is C49H44N4O10. The van der Waals surface area contributed by atoms with Crippen LogP contribution in [0.5, 0.6) is 34.5 Å². The van der Waals surface area contributed by atoms with Gasteiger partial charge in [-0.3, -0.25) is 19.2 Å². The van der Waals surface area contributed by atoms with Crippen molar-refractivity contribution in [2.45, 2.75) is 6.42 Å². The maximum absolute atomic E-state index is 13.5. The van der Waals surface area contributed by atoms with E-state index >= 15 is 0 Å². The predicted molar refractivity (Wildman–Crippen MR) is 239 cm³/mol. The minimum absolute atomic E-state index is 0.119. The Morgan fingerprint density at radius 1 is 0.333 bits per heavy atom. The van der Waals surface area contributed by atoms with Crippen LogP contribution in [0.4, 0.5) is 22.7 Å². The van der Waals surface area contributed by atoms with Crippen LogP contribution in [0.1, 0.15) is 27.1 Å². The zero-order valence-corrected chi connectivity index (χ0v) is 34.0. The van der Waals surface area contributed by atoms with Gasteiger partial charge >= 0.3 is 0 Å². The Bertz CT molecular complexity index is 2400. The summed E-state index contributed by atoms with van der Waals surface area (Å²) in [7, 11) is 0. The number of para-hydroxylation sites is 10. The molecule has 0 aliphatic carbocycles. The Hall–Kier alpha value is -8.26. The average Bonchev–Trinajstić information content (AvgIpc) is 3.30. The van der Waals surface area contributed by atoms with Crippen molar-refractivity contribution in [2.75, 3.05) is 60.9 Å². The first-order chi connectivity index (χ1) is 30.9. The molecular weight excluding hydrogens is 805 g/mol. The number of hydrogen-bond acceptors (Lipinski definition) is 10. The first kappa shape index (κ1) is 42.8. The lowest BCUT2D eigenvalue weighted by Gasteiger charge is -2.16. The van der Waals surface area contributed by atoms with E-state index in [9.17, 15) is 19.2 Å². The number of carbonyl (C=O) groups is 4. The average molecular weight is 849 g/mol. The normalized spacial score (nSPS) is 14.6. The van der Waals surface area contributed by atoms with Crippen LogP contribution in [-0.4, -0.2) is 63.3 Å². The standard InChI is InChI=1S/C49H44N4O10/c54-46-32-62-44-26-11-5-20-38(44)52-48(56)34-16-1-7-22-40(34)58-28-13-14-29-59-41-23-8-2-17-35(41)49(57)53-39-21-6-12-27-45(39)63-33-47(55)51-37-19-4-10-25-43(37)61-31-15-30-60-42-24-9-3-18-36(42)50-46/h1-14,16-27H,15,28-33H2,(H,50,54)(H,51,55)(H,52,56)(H,53,57). The maximum Gasteiger partial charge on any atom is 0.262 e. The first-order valence-electron chi connectivity index (χ1n) is 20.1. The summed E-state index contributed by atoms with van der Waals surface area (Å²) in [5.41, 5.74) is 2.18. The van der Waals surface area contributed by atoms with Crippen molar-refractivity contribution < 1.29 is 47.6 Å². The number of nitrogens with one attached hydrogen (secondary N) is 4. The van der Waals surface area contributed by atoms with Crippen LogP contribution in [0.25, 0.3) is 0 Å². The van der Waals surface area contributed by atoms with E-state index in [1.807, 2.05) is 0 Å². The Balaban J connectivity index is 1.07. The minimum Gasteiger partial charge on any atom is -0.491 e. The largest absolute Gasteiger partial charge is 0.491 e. The molecule has 0 saturated heterocycles. The number of amides is 4. The first-order valence-corrected chi connectivity index (χ1v) is 20.1. The van der Waals surface area contributed by atoms with Crippen molar-refractivity contribution in [1.29, 1.82) is 0 Å². The van der Waals surface area contributed by atoms with Crippen molar-refractivity contribution >= 4 is 46.4 Å². The molecule has 6 aromatic rings.